The highest BCUT2D eigenvalue weighted by atomic mass is 35.5. The van der Waals surface area contributed by atoms with Crippen LogP contribution in [0, 0.1) is 0 Å². The number of hydrogen-bond donors (Lipinski definition) is 2. The van der Waals surface area contributed by atoms with E-state index >= 15 is 0 Å². The van der Waals surface area contributed by atoms with Crippen LogP contribution in [0.5, 0.6) is 5.75 Å². The summed E-state index contributed by atoms with van der Waals surface area (Å²) in [5.74, 6) is 0.378. The number of hydrogen-bond acceptors (Lipinski definition) is 5. The number of benzene rings is 1. The lowest BCUT2D eigenvalue weighted by Gasteiger charge is -2.23. The Morgan fingerprint density at radius 2 is 2.25 bits per heavy atom. The minimum Gasteiger partial charge on any atom is -0.489 e. The molecule has 0 spiro atoms. The van der Waals surface area contributed by atoms with Gasteiger partial charge in [0.2, 0.25) is 0 Å². The van der Waals surface area contributed by atoms with Crippen molar-refractivity contribution in [2.75, 3.05) is 38.2 Å². The molecule has 2 unspecified atom stereocenters. The summed E-state index contributed by atoms with van der Waals surface area (Å²) in [7, 11) is 0. The predicted octanol–water partition coefficient (Wildman–Crippen LogP) is 2.25. The predicted molar refractivity (Wildman–Crippen MR) is 94.4 cm³/mol. The van der Waals surface area contributed by atoms with Crippen LogP contribution in [-0.4, -0.2) is 51.0 Å². The molecule has 134 valence electrons. The van der Waals surface area contributed by atoms with Crippen LogP contribution in [0.1, 0.15) is 12.8 Å². The molecule has 3 rings (SSSR count). The molecule has 0 bridgehead atoms. The molecule has 2 atom stereocenters. The first-order valence-corrected chi connectivity index (χ1v) is 8.27. The van der Waals surface area contributed by atoms with E-state index in [1.165, 1.54) is 0 Å². The first-order chi connectivity index (χ1) is 11.2. The Kier molecular flexibility index (Phi) is 7.58. The van der Waals surface area contributed by atoms with Crippen molar-refractivity contribution in [3.05, 3.63) is 23.2 Å². The summed E-state index contributed by atoms with van der Waals surface area (Å²) in [5, 5.41) is 6.51. The largest absolute Gasteiger partial charge is 0.489 e. The van der Waals surface area contributed by atoms with Gasteiger partial charge in [-0.1, -0.05) is 11.6 Å². The van der Waals surface area contributed by atoms with E-state index in [1.54, 1.807) is 18.2 Å². The molecule has 0 aromatic heterocycles. The van der Waals surface area contributed by atoms with Crippen LogP contribution in [0.3, 0.4) is 0 Å². The molecule has 0 aliphatic carbocycles. The van der Waals surface area contributed by atoms with Gasteiger partial charge in [0.15, 0.2) is 0 Å². The van der Waals surface area contributed by atoms with Gasteiger partial charge in [-0.2, -0.15) is 0 Å². The Morgan fingerprint density at radius 3 is 2.96 bits per heavy atom. The number of halogens is 2. The topological polar surface area (TPSA) is 68.8 Å². The molecule has 0 saturated carbocycles. The van der Waals surface area contributed by atoms with Crippen molar-refractivity contribution in [3.63, 3.8) is 0 Å². The van der Waals surface area contributed by atoms with Crippen LogP contribution >= 0.6 is 24.0 Å². The summed E-state index contributed by atoms with van der Waals surface area (Å²) in [6.45, 7) is 3.03. The number of amides is 1. The lowest BCUT2D eigenvalue weighted by atomic mass is 10.2. The van der Waals surface area contributed by atoms with Gasteiger partial charge in [-0.3, -0.25) is 4.79 Å². The number of anilines is 1. The van der Waals surface area contributed by atoms with Crippen LogP contribution in [-0.2, 0) is 14.3 Å². The van der Waals surface area contributed by atoms with Gasteiger partial charge in [0.05, 0.1) is 18.4 Å². The summed E-state index contributed by atoms with van der Waals surface area (Å²) in [6, 6.07) is 5.17. The van der Waals surface area contributed by atoms with Crippen molar-refractivity contribution in [1.29, 1.82) is 0 Å². The van der Waals surface area contributed by atoms with Gasteiger partial charge in [0.1, 0.15) is 18.5 Å². The summed E-state index contributed by atoms with van der Waals surface area (Å²) in [6.07, 6.45) is 1.66. The molecule has 1 aromatic rings. The lowest BCUT2D eigenvalue weighted by molar-refractivity contribution is -0.128. The summed E-state index contributed by atoms with van der Waals surface area (Å²) in [4.78, 5) is 12.3. The van der Waals surface area contributed by atoms with Crippen LogP contribution in [0.25, 0.3) is 0 Å². The van der Waals surface area contributed by atoms with Gasteiger partial charge >= 0.3 is 0 Å². The zero-order valence-corrected chi connectivity index (χ0v) is 14.8. The molecule has 2 saturated heterocycles. The summed E-state index contributed by atoms with van der Waals surface area (Å²) < 4.78 is 16.8. The minimum absolute atomic E-state index is 0. The molecule has 1 amide bonds. The van der Waals surface area contributed by atoms with E-state index in [2.05, 4.69) is 10.6 Å². The van der Waals surface area contributed by atoms with Crippen molar-refractivity contribution in [2.45, 2.75) is 25.0 Å². The zero-order chi connectivity index (χ0) is 16.1. The number of ether oxygens (including phenoxy) is 3. The van der Waals surface area contributed by atoms with E-state index in [-0.39, 0.29) is 24.4 Å². The van der Waals surface area contributed by atoms with Crippen LogP contribution < -0.4 is 15.4 Å². The molecule has 8 heteroatoms. The van der Waals surface area contributed by atoms with Gasteiger partial charge in [0, 0.05) is 24.7 Å². The number of carbonyl (C=O) groups is 1. The van der Waals surface area contributed by atoms with Crippen molar-refractivity contribution >= 4 is 35.6 Å². The Hall–Kier alpha value is -1.05. The SMILES string of the molecule is Cl.O=C(Nc1cc(Cl)ccc1OCC1CCCO1)C1CNCCO1. The van der Waals surface area contributed by atoms with E-state index in [4.69, 9.17) is 25.8 Å². The Balaban J connectivity index is 0.00000208. The van der Waals surface area contributed by atoms with E-state index in [0.29, 0.717) is 36.2 Å². The second-order valence-corrected chi connectivity index (χ2v) is 6.08. The minimum atomic E-state index is -0.506. The third kappa shape index (κ3) is 5.22. The fraction of sp³-hybridized carbons (Fsp3) is 0.562. The standard InChI is InChI=1S/C16H21ClN2O4.ClH/c17-11-3-4-14(23-10-12-2-1-6-21-12)13(8-11)19-16(20)15-9-18-5-7-22-15;/h3-4,8,12,15,18H,1-2,5-7,9-10H2,(H,19,20);1H. The molecule has 6 nitrogen and oxygen atoms in total. The number of morpholine rings is 1. The Morgan fingerprint density at radius 1 is 1.38 bits per heavy atom. The highest BCUT2D eigenvalue weighted by Crippen LogP contribution is 2.29. The van der Waals surface area contributed by atoms with Crippen LogP contribution in [0.15, 0.2) is 18.2 Å². The number of carbonyl (C=O) groups excluding carboxylic acids is 1. The highest BCUT2D eigenvalue weighted by Gasteiger charge is 2.23. The molecule has 0 radical (unpaired) electrons. The van der Waals surface area contributed by atoms with E-state index in [1.807, 2.05) is 0 Å². The van der Waals surface area contributed by atoms with E-state index in [0.717, 1.165) is 26.0 Å². The van der Waals surface area contributed by atoms with Gasteiger partial charge in [-0.25, -0.2) is 0 Å². The molecular formula is C16H22Cl2N2O4. The van der Waals surface area contributed by atoms with Crippen molar-refractivity contribution in [2.24, 2.45) is 0 Å². The smallest absolute Gasteiger partial charge is 0.254 e. The third-order valence-corrected chi connectivity index (χ3v) is 4.10. The molecule has 2 aliphatic heterocycles. The second-order valence-electron chi connectivity index (χ2n) is 5.64. The van der Waals surface area contributed by atoms with Crippen LogP contribution in [0.2, 0.25) is 5.02 Å². The first kappa shape index (κ1) is 19.3. The van der Waals surface area contributed by atoms with Crippen LogP contribution in [0.4, 0.5) is 5.69 Å². The molecule has 1 aromatic carbocycles. The molecule has 2 N–H and O–H groups in total. The van der Waals surface area contributed by atoms with Crippen molar-refractivity contribution < 1.29 is 19.0 Å². The van der Waals surface area contributed by atoms with E-state index < -0.39 is 6.10 Å². The van der Waals surface area contributed by atoms with Crippen molar-refractivity contribution in [3.8, 4) is 5.75 Å². The Labute approximate surface area is 152 Å². The fourth-order valence-electron chi connectivity index (χ4n) is 2.63. The molecular weight excluding hydrogens is 355 g/mol. The summed E-state index contributed by atoms with van der Waals surface area (Å²) >= 11 is 6.04. The quantitative estimate of drug-likeness (QED) is 0.824. The monoisotopic (exact) mass is 376 g/mol. The molecule has 24 heavy (non-hydrogen) atoms. The third-order valence-electron chi connectivity index (χ3n) is 3.87. The first-order valence-electron chi connectivity index (χ1n) is 7.89. The summed E-state index contributed by atoms with van der Waals surface area (Å²) in [5.41, 5.74) is 0.551. The number of rotatable bonds is 5. The molecule has 2 heterocycles. The highest BCUT2D eigenvalue weighted by molar-refractivity contribution is 6.31. The van der Waals surface area contributed by atoms with Crippen molar-refractivity contribution in [1.82, 2.24) is 5.32 Å². The van der Waals surface area contributed by atoms with E-state index in [9.17, 15) is 4.79 Å². The van der Waals surface area contributed by atoms with Gasteiger partial charge in [0.25, 0.3) is 5.91 Å². The molecule has 2 fully saturated rings. The fourth-order valence-corrected chi connectivity index (χ4v) is 2.80. The normalized spacial score (nSPS) is 23.4. The van der Waals surface area contributed by atoms with Gasteiger partial charge < -0.3 is 24.8 Å². The maximum absolute atomic E-state index is 12.3. The second kappa shape index (κ2) is 9.44. The number of nitrogens with one attached hydrogen (secondary N) is 2. The average Bonchev–Trinajstić information content (AvgIpc) is 3.08. The van der Waals surface area contributed by atoms with Gasteiger partial charge in [-0.05, 0) is 31.0 Å². The maximum atomic E-state index is 12.3. The zero-order valence-electron chi connectivity index (χ0n) is 13.3. The molecule has 2 aliphatic rings. The lowest BCUT2D eigenvalue weighted by Crippen LogP contribution is -2.45. The average molecular weight is 377 g/mol. The maximum Gasteiger partial charge on any atom is 0.254 e. The Bertz CT molecular complexity index is 547. The van der Waals surface area contributed by atoms with Gasteiger partial charge in [-0.15, -0.1) is 12.4 Å².